The molecule has 5 nitrogen and oxygen atoms in total. The van der Waals surface area contributed by atoms with E-state index in [2.05, 4.69) is 14.3 Å². The van der Waals surface area contributed by atoms with Gasteiger partial charge in [-0.3, -0.25) is 0 Å². The Morgan fingerprint density at radius 2 is 1.57 bits per heavy atom. The first-order valence-electron chi connectivity index (χ1n) is 8.18. The van der Waals surface area contributed by atoms with Crippen molar-refractivity contribution in [1.29, 1.82) is 0 Å². The van der Waals surface area contributed by atoms with Crippen molar-refractivity contribution in [2.75, 3.05) is 7.11 Å². The molecule has 2 saturated carbocycles. The quantitative estimate of drug-likeness (QED) is 0.211. The highest BCUT2D eigenvalue weighted by Crippen LogP contribution is 2.40. The topological polar surface area (TPSA) is 54.0 Å². The van der Waals surface area contributed by atoms with E-state index in [0.717, 1.165) is 64.9 Å². The number of esters is 1. The van der Waals surface area contributed by atoms with E-state index in [0.29, 0.717) is 0 Å². The normalized spacial score (nSPS) is 22.2. The number of alkyl halides is 2. The standard InChI is InChI=1S/C15H24F2O5S/c1-19-21-22-23-15(16,17)14(18)20-13(12-9-5-6-10-12)11-7-3-2-4-8-11/h11-13H,2-10H2,1H3. The third kappa shape index (κ3) is 5.55. The Hall–Kier alpha value is -0.440. The van der Waals surface area contributed by atoms with Crippen LogP contribution in [0.5, 0.6) is 0 Å². The molecule has 2 aliphatic rings. The fraction of sp³-hybridized carbons (Fsp3) is 0.933. The number of halogens is 2. The Labute approximate surface area is 139 Å². The van der Waals surface area contributed by atoms with Crippen LogP contribution in [0.4, 0.5) is 8.78 Å². The minimum absolute atomic E-state index is 0.188. The van der Waals surface area contributed by atoms with E-state index in [1.54, 1.807) is 0 Å². The highest BCUT2D eigenvalue weighted by Gasteiger charge is 2.47. The van der Waals surface area contributed by atoms with Gasteiger partial charge in [0.05, 0.1) is 7.11 Å². The van der Waals surface area contributed by atoms with E-state index in [9.17, 15) is 13.6 Å². The van der Waals surface area contributed by atoms with Gasteiger partial charge in [-0.1, -0.05) is 37.1 Å². The number of carbonyl (C=O) groups excluding carboxylic acids is 1. The summed E-state index contributed by atoms with van der Waals surface area (Å²) in [6.07, 6.45) is 8.79. The number of ether oxygens (including phenoxy) is 1. The zero-order chi connectivity index (χ0) is 16.7. The SMILES string of the molecule is COOOSC(F)(F)C(=O)OC(C1CCCCC1)C1CCCC1. The van der Waals surface area contributed by atoms with E-state index >= 15 is 0 Å². The summed E-state index contributed by atoms with van der Waals surface area (Å²) in [7, 11) is 1.11. The Morgan fingerprint density at radius 3 is 2.09 bits per heavy atom. The molecule has 0 radical (unpaired) electrons. The van der Waals surface area contributed by atoms with Crippen LogP contribution in [0.3, 0.4) is 0 Å². The van der Waals surface area contributed by atoms with Crippen molar-refractivity contribution < 1.29 is 32.6 Å². The van der Waals surface area contributed by atoms with Crippen LogP contribution >= 0.6 is 12.0 Å². The Kier molecular flexibility index (Phi) is 7.52. The van der Waals surface area contributed by atoms with Crippen molar-refractivity contribution in [2.45, 2.75) is 69.1 Å². The lowest BCUT2D eigenvalue weighted by atomic mass is 9.79. The first-order chi connectivity index (χ1) is 11.0. The maximum atomic E-state index is 13.8. The molecular weight excluding hydrogens is 330 g/mol. The maximum absolute atomic E-state index is 13.8. The Morgan fingerprint density at radius 1 is 1.04 bits per heavy atom. The molecular formula is C15H24F2O5S. The molecule has 2 fully saturated rings. The van der Waals surface area contributed by atoms with Gasteiger partial charge in [-0.2, -0.15) is 8.78 Å². The van der Waals surface area contributed by atoms with Crippen molar-refractivity contribution in [3.8, 4) is 0 Å². The van der Waals surface area contributed by atoms with Gasteiger partial charge < -0.3 is 4.74 Å². The van der Waals surface area contributed by atoms with E-state index in [-0.39, 0.29) is 11.8 Å². The monoisotopic (exact) mass is 354 g/mol. The minimum atomic E-state index is -3.83. The van der Waals surface area contributed by atoms with Crippen LogP contribution < -0.4 is 0 Å². The largest absolute Gasteiger partial charge is 0.457 e. The van der Waals surface area contributed by atoms with Gasteiger partial charge in [0.25, 0.3) is 0 Å². The summed E-state index contributed by atoms with van der Waals surface area (Å²) in [5, 5.41) is 0.0865. The van der Waals surface area contributed by atoms with Gasteiger partial charge in [0.2, 0.25) is 0 Å². The van der Waals surface area contributed by atoms with Crippen LogP contribution in [0.25, 0.3) is 0 Å². The van der Waals surface area contributed by atoms with Crippen LogP contribution in [0.2, 0.25) is 0 Å². The molecule has 0 heterocycles. The summed E-state index contributed by atoms with van der Waals surface area (Å²) in [5.74, 6) is -1.18. The highest BCUT2D eigenvalue weighted by atomic mass is 32.2. The molecule has 0 spiro atoms. The van der Waals surface area contributed by atoms with E-state index < -0.39 is 29.4 Å². The maximum Gasteiger partial charge on any atom is 0.415 e. The second-order valence-electron chi connectivity index (χ2n) is 6.22. The van der Waals surface area contributed by atoms with Crippen LogP contribution in [-0.4, -0.2) is 24.4 Å². The molecule has 0 amide bonds. The molecule has 134 valence electrons. The van der Waals surface area contributed by atoms with Crippen molar-refractivity contribution in [3.05, 3.63) is 0 Å². The summed E-state index contributed by atoms with van der Waals surface area (Å²) in [6, 6.07) is 0. The van der Waals surface area contributed by atoms with Gasteiger partial charge >= 0.3 is 11.2 Å². The fourth-order valence-electron chi connectivity index (χ4n) is 3.64. The third-order valence-corrected chi connectivity index (χ3v) is 5.19. The number of hydrogen-bond acceptors (Lipinski definition) is 6. The van der Waals surface area contributed by atoms with Crippen LogP contribution in [-0.2, 0) is 23.8 Å². The molecule has 1 atom stereocenters. The minimum Gasteiger partial charge on any atom is -0.457 e. The summed E-state index contributed by atoms with van der Waals surface area (Å²) in [4.78, 5) is 15.9. The molecule has 0 aliphatic heterocycles. The molecule has 2 rings (SSSR count). The predicted molar refractivity (Wildman–Crippen MR) is 80.1 cm³/mol. The van der Waals surface area contributed by atoms with Gasteiger partial charge in [0.1, 0.15) is 18.1 Å². The highest BCUT2D eigenvalue weighted by molar-refractivity contribution is 7.96. The van der Waals surface area contributed by atoms with Gasteiger partial charge in [-0.15, -0.1) is 4.33 Å². The lowest BCUT2D eigenvalue weighted by Gasteiger charge is -2.34. The van der Waals surface area contributed by atoms with Crippen molar-refractivity contribution in [3.63, 3.8) is 0 Å². The van der Waals surface area contributed by atoms with Crippen LogP contribution in [0.1, 0.15) is 57.8 Å². The average Bonchev–Trinajstić information content (AvgIpc) is 3.07. The Bertz CT molecular complexity index is 371. The lowest BCUT2D eigenvalue weighted by molar-refractivity contribution is -0.448. The van der Waals surface area contributed by atoms with Gasteiger partial charge in [-0.25, -0.2) is 9.68 Å². The summed E-state index contributed by atoms with van der Waals surface area (Å²) >= 11 is -0.413. The molecule has 1 unspecified atom stereocenters. The zero-order valence-electron chi connectivity index (χ0n) is 13.3. The second-order valence-corrected chi connectivity index (χ2v) is 7.03. The van der Waals surface area contributed by atoms with E-state index in [1.807, 2.05) is 0 Å². The molecule has 8 heteroatoms. The first kappa shape index (κ1) is 18.9. The van der Waals surface area contributed by atoms with Crippen molar-refractivity contribution >= 4 is 18.0 Å². The molecule has 0 saturated heterocycles. The molecule has 0 bridgehead atoms. The van der Waals surface area contributed by atoms with Gasteiger partial charge in [-0.05, 0) is 37.5 Å². The third-order valence-electron chi connectivity index (χ3n) is 4.69. The second kappa shape index (κ2) is 9.15. The summed E-state index contributed by atoms with van der Waals surface area (Å²) in [5.41, 5.74) is 0. The number of carbonyl (C=O) groups is 1. The smallest absolute Gasteiger partial charge is 0.415 e. The average molecular weight is 354 g/mol. The van der Waals surface area contributed by atoms with Crippen LogP contribution in [0.15, 0.2) is 0 Å². The van der Waals surface area contributed by atoms with Crippen molar-refractivity contribution in [2.24, 2.45) is 11.8 Å². The predicted octanol–water partition coefficient (Wildman–Crippen LogP) is 4.42. The Balaban J connectivity index is 1.96. The first-order valence-corrected chi connectivity index (χ1v) is 8.93. The van der Waals surface area contributed by atoms with Crippen molar-refractivity contribution in [1.82, 2.24) is 0 Å². The summed E-state index contributed by atoms with van der Waals surface area (Å²) in [6.45, 7) is 0. The number of rotatable bonds is 8. The van der Waals surface area contributed by atoms with Gasteiger partial charge in [0.15, 0.2) is 0 Å². The van der Waals surface area contributed by atoms with E-state index in [1.165, 1.54) is 0 Å². The lowest BCUT2D eigenvalue weighted by Crippen LogP contribution is -2.39. The van der Waals surface area contributed by atoms with E-state index in [4.69, 9.17) is 4.74 Å². The number of hydrogen-bond donors (Lipinski definition) is 0. The zero-order valence-corrected chi connectivity index (χ0v) is 14.1. The molecule has 0 N–H and O–H groups in total. The molecule has 0 aromatic heterocycles. The fourth-order valence-corrected chi connectivity index (χ4v) is 3.92. The summed E-state index contributed by atoms with van der Waals surface area (Å²) < 4.78 is 36.9. The molecule has 0 aromatic rings. The van der Waals surface area contributed by atoms with Gasteiger partial charge in [0, 0.05) is 0 Å². The molecule has 23 heavy (non-hydrogen) atoms. The molecule has 0 aromatic carbocycles. The van der Waals surface area contributed by atoms with Crippen LogP contribution in [0, 0.1) is 11.8 Å². The molecule has 2 aliphatic carbocycles.